The van der Waals surface area contributed by atoms with Crippen molar-refractivity contribution in [1.82, 2.24) is 5.32 Å². The molecule has 0 fully saturated rings. The van der Waals surface area contributed by atoms with Crippen LogP contribution in [0.25, 0.3) is 0 Å². The zero-order chi connectivity index (χ0) is 28.7. The molecule has 0 radical (unpaired) electrons. The number of benzene rings is 5. The Bertz CT molecular complexity index is 1640. The number of carbonyl (C=O) groups is 2. The van der Waals surface area contributed by atoms with Crippen LogP contribution in [0.15, 0.2) is 132 Å². The number of imide groups is 1. The van der Waals surface area contributed by atoms with Gasteiger partial charge in [0.15, 0.2) is 0 Å². The minimum Gasteiger partial charge on any atom is -0.488 e. The zero-order valence-electron chi connectivity index (χ0n) is 23.0. The number of fused-ring (bicyclic) bond motifs is 1. The Hall–Kier alpha value is -4.81. The van der Waals surface area contributed by atoms with E-state index in [1.165, 1.54) is 0 Å². The fourth-order valence-corrected chi connectivity index (χ4v) is 6.24. The number of rotatable bonds is 11. The van der Waals surface area contributed by atoms with E-state index in [4.69, 9.17) is 4.74 Å². The van der Waals surface area contributed by atoms with Crippen LogP contribution in [0.5, 0.6) is 5.75 Å². The number of carbonyl (C=O) groups excluding carboxylic acids is 2. The topological polar surface area (TPSA) is 58.6 Å². The van der Waals surface area contributed by atoms with Crippen molar-refractivity contribution in [2.45, 2.75) is 30.3 Å². The third kappa shape index (κ3) is 6.24. The fourth-order valence-electron chi connectivity index (χ4n) is 5.10. The normalized spacial score (nSPS) is 12.1. The number of hydrogen-bond donors (Lipinski definition) is 1. The fraction of sp³-hybridized carbons (Fsp3) is 0.111. The Morgan fingerprint density at radius 1 is 0.619 bits per heavy atom. The lowest BCUT2D eigenvalue weighted by atomic mass is 10.0. The van der Waals surface area contributed by atoms with E-state index in [0.717, 1.165) is 27.1 Å². The van der Waals surface area contributed by atoms with Crippen molar-refractivity contribution in [3.8, 4) is 5.75 Å². The molecular formula is C36H30N2O3S. The Labute approximate surface area is 250 Å². The molecule has 1 N–H and O–H groups in total. The molecular weight excluding hydrogens is 540 g/mol. The van der Waals surface area contributed by atoms with Gasteiger partial charge in [-0.1, -0.05) is 121 Å². The molecule has 0 bridgehead atoms. The number of nitrogens with one attached hydrogen (secondary N) is 1. The van der Waals surface area contributed by atoms with Crippen molar-refractivity contribution < 1.29 is 14.3 Å². The summed E-state index contributed by atoms with van der Waals surface area (Å²) in [5.74, 6) is 0.477. The van der Waals surface area contributed by atoms with Crippen LogP contribution in [0, 0.1) is 0 Å². The second kappa shape index (κ2) is 12.8. The van der Waals surface area contributed by atoms with Crippen LogP contribution >= 0.6 is 11.8 Å². The zero-order valence-corrected chi connectivity index (χ0v) is 23.8. The van der Waals surface area contributed by atoms with Crippen LogP contribution < -0.4 is 15.0 Å². The van der Waals surface area contributed by atoms with Crippen LogP contribution in [0.1, 0.15) is 43.0 Å². The summed E-state index contributed by atoms with van der Waals surface area (Å²) < 4.78 is 6.47. The van der Waals surface area contributed by atoms with E-state index in [0.29, 0.717) is 48.0 Å². The first-order valence-corrected chi connectivity index (χ1v) is 14.9. The van der Waals surface area contributed by atoms with E-state index in [9.17, 15) is 9.59 Å². The summed E-state index contributed by atoms with van der Waals surface area (Å²) >= 11 is 1.62. The highest BCUT2D eigenvalue weighted by Gasteiger charge is 2.36. The molecule has 0 atom stereocenters. The monoisotopic (exact) mass is 570 g/mol. The van der Waals surface area contributed by atoms with Crippen LogP contribution in [0.4, 0.5) is 5.69 Å². The second-order valence-electron chi connectivity index (χ2n) is 10.1. The van der Waals surface area contributed by atoms with Gasteiger partial charge >= 0.3 is 0 Å². The molecule has 5 aromatic carbocycles. The summed E-state index contributed by atoms with van der Waals surface area (Å²) in [4.78, 5) is 29.5. The van der Waals surface area contributed by atoms with Crippen molar-refractivity contribution >= 4 is 29.3 Å². The maximum atomic E-state index is 13.4. The van der Waals surface area contributed by atoms with E-state index < -0.39 is 5.91 Å². The standard InChI is InChI=1S/C36H30N2O3S/c39-35-30-21-31(41-24-28-17-9-3-10-18-28)34(42-25-29-19-11-4-12-20-29)33(32(30)36(40)37-35)38(22-26-13-5-1-6-14-26)23-27-15-7-2-8-16-27/h1-21H,22-25H2,(H,37,39,40). The van der Waals surface area contributed by atoms with Gasteiger partial charge in [0.25, 0.3) is 11.8 Å². The lowest BCUT2D eigenvalue weighted by molar-refractivity contribution is 0.0879. The van der Waals surface area contributed by atoms with Gasteiger partial charge in [0, 0.05) is 18.8 Å². The second-order valence-corrected chi connectivity index (χ2v) is 11.1. The van der Waals surface area contributed by atoms with Crippen LogP contribution in [-0.4, -0.2) is 11.8 Å². The SMILES string of the molecule is O=C1NC(=O)c2c1cc(OCc1ccccc1)c(SCc1ccccc1)c2N(Cc1ccccc1)Cc1ccccc1. The van der Waals surface area contributed by atoms with Gasteiger partial charge in [-0.05, 0) is 28.3 Å². The predicted molar refractivity (Wildman–Crippen MR) is 168 cm³/mol. The summed E-state index contributed by atoms with van der Waals surface area (Å²) in [5, 5.41) is 2.54. The van der Waals surface area contributed by atoms with Gasteiger partial charge in [-0.2, -0.15) is 0 Å². The van der Waals surface area contributed by atoms with Gasteiger partial charge < -0.3 is 9.64 Å². The third-order valence-electron chi connectivity index (χ3n) is 7.13. The van der Waals surface area contributed by atoms with Crippen LogP contribution in [-0.2, 0) is 25.4 Å². The Balaban J connectivity index is 1.51. The first kappa shape index (κ1) is 27.4. The highest BCUT2D eigenvalue weighted by molar-refractivity contribution is 7.98. The minimum absolute atomic E-state index is 0.338. The molecule has 1 aliphatic rings. The van der Waals surface area contributed by atoms with Gasteiger partial charge in [-0.15, -0.1) is 11.8 Å². The van der Waals surface area contributed by atoms with Crippen molar-refractivity contribution in [1.29, 1.82) is 0 Å². The lowest BCUT2D eigenvalue weighted by Crippen LogP contribution is -2.26. The van der Waals surface area contributed by atoms with Gasteiger partial charge in [-0.25, -0.2) is 0 Å². The number of thioether (sulfide) groups is 1. The van der Waals surface area contributed by atoms with E-state index in [1.54, 1.807) is 17.8 Å². The molecule has 1 aliphatic heterocycles. The highest BCUT2D eigenvalue weighted by Crippen LogP contribution is 2.46. The molecule has 0 unspecified atom stereocenters. The maximum absolute atomic E-state index is 13.4. The average Bonchev–Trinajstić information content (AvgIpc) is 3.32. The Kier molecular flexibility index (Phi) is 8.33. The highest BCUT2D eigenvalue weighted by atomic mass is 32.2. The number of anilines is 1. The number of amides is 2. The molecule has 1 heterocycles. The first-order valence-electron chi connectivity index (χ1n) is 13.9. The molecule has 42 heavy (non-hydrogen) atoms. The molecule has 208 valence electrons. The number of nitrogens with zero attached hydrogens (tertiary/aromatic N) is 1. The van der Waals surface area contributed by atoms with Gasteiger partial charge in [0.1, 0.15) is 12.4 Å². The van der Waals surface area contributed by atoms with Crippen molar-refractivity contribution in [2.75, 3.05) is 4.90 Å². The van der Waals surface area contributed by atoms with Crippen LogP contribution in [0.3, 0.4) is 0 Å². The summed E-state index contributed by atoms with van der Waals surface area (Å²) in [6.07, 6.45) is 0. The molecule has 5 nitrogen and oxygen atoms in total. The number of hydrogen-bond acceptors (Lipinski definition) is 5. The molecule has 6 rings (SSSR count). The quantitative estimate of drug-likeness (QED) is 0.131. The molecule has 0 saturated carbocycles. The first-order chi connectivity index (χ1) is 20.7. The average molecular weight is 571 g/mol. The van der Waals surface area contributed by atoms with Crippen molar-refractivity contribution in [2.24, 2.45) is 0 Å². The summed E-state index contributed by atoms with van der Waals surface area (Å²) in [6, 6.07) is 42.3. The van der Waals surface area contributed by atoms with E-state index in [1.807, 2.05) is 84.9 Å². The van der Waals surface area contributed by atoms with Crippen molar-refractivity contribution in [3.05, 3.63) is 161 Å². The van der Waals surface area contributed by atoms with Gasteiger partial charge in [0.2, 0.25) is 0 Å². The van der Waals surface area contributed by atoms with Crippen LogP contribution in [0.2, 0.25) is 0 Å². The summed E-state index contributed by atoms with van der Waals surface area (Å²) in [6.45, 7) is 1.43. The lowest BCUT2D eigenvalue weighted by Gasteiger charge is -2.30. The maximum Gasteiger partial charge on any atom is 0.261 e. The van der Waals surface area contributed by atoms with E-state index >= 15 is 0 Å². The molecule has 0 spiro atoms. The molecule has 0 aromatic heterocycles. The molecule has 2 amide bonds. The molecule has 6 heteroatoms. The Morgan fingerprint density at radius 2 is 1.12 bits per heavy atom. The van der Waals surface area contributed by atoms with E-state index in [2.05, 4.69) is 46.6 Å². The van der Waals surface area contributed by atoms with E-state index in [-0.39, 0.29) is 5.91 Å². The Morgan fingerprint density at radius 3 is 1.67 bits per heavy atom. The third-order valence-corrected chi connectivity index (χ3v) is 8.29. The molecule has 0 saturated heterocycles. The molecule has 5 aromatic rings. The van der Waals surface area contributed by atoms with Crippen molar-refractivity contribution in [3.63, 3.8) is 0 Å². The minimum atomic E-state index is -0.403. The summed E-state index contributed by atoms with van der Waals surface area (Å²) in [7, 11) is 0. The molecule has 0 aliphatic carbocycles. The van der Waals surface area contributed by atoms with Gasteiger partial charge in [-0.3, -0.25) is 14.9 Å². The smallest absolute Gasteiger partial charge is 0.261 e. The predicted octanol–water partition coefficient (Wildman–Crippen LogP) is 7.65. The largest absolute Gasteiger partial charge is 0.488 e. The summed E-state index contributed by atoms with van der Waals surface area (Å²) in [5.41, 5.74) is 5.82. The van der Waals surface area contributed by atoms with Gasteiger partial charge in [0.05, 0.1) is 21.7 Å². The number of ether oxygens (including phenoxy) is 1.